The molecule has 0 amide bonds. The number of anilines is 2. The van der Waals surface area contributed by atoms with Crippen molar-refractivity contribution in [2.45, 2.75) is 13.3 Å². The Morgan fingerprint density at radius 2 is 1.89 bits per heavy atom. The first kappa shape index (κ1) is 25.6. The molecule has 2 N–H and O–H groups in total. The number of nitrogens with one attached hydrogen (secondary N) is 2. The summed E-state index contributed by atoms with van der Waals surface area (Å²) in [5.74, 6) is 1.67. The Bertz CT molecular complexity index is 1460. The van der Waals surface area contributed by atoms with E-state index in [0.29, 0.717) is 35.1 Å². The molecule has 0 radical (unpaired) electrons. The lowest BCUT2D eigenvalue weighted by atomic mass is 10.1. The lowest BCUT2D eigenvalue weighted by molar-refractivity contribution is 0.145. The summed E-state index contributed by atoms with van der Waals surface area (Å²) in [6.45, 7) is 8.22. The molecule has 0 spiro atoms. The Balaban J connectivity index is 1.32. The molecule has 1 saturated heterocycles. The fourth-order valence-corrected chi connectivity index (χ4v) is 4.57. The highest BCUT2D eigenvalue weighted by atomic mass is 16.5. The third kappa shape index (κ3) is 5.92. The molecular weight excluding hydrogens is 482 g/mol. The van der Waals surface area contributed by atoms with Gasteiger partial charge in [0.2, 0.25) is 5.88 Å². The maximum absolute atomic E-state index is 12.7. The van der Waals surface area contributed by atoms with Crippen molar-refractivity contribution in [1.82, 2.24) is 29.7 Å². The topological polar surface area (TPSA) is 108 Å². The van der Waals surface area contributed by atoms with Gasteiger partial charge in [-0.3, -0.25) is 9.78 Å². The number of likely N-dealkylation sites (N-methyl/N-ethyl adjacent to an activating group) is 1. The van der Waals surface area contributed by atoms with E-state index in [4.69, 9.17) is 14.5 Å². The Kier molecular flexibility index (Phi) is 7.81. The zero-order valence-corrected chi connectivity index (χ0v) is 22.0. The number of aromatic amines is 1. The van der Waals surface area contributed by atoms with E-state index < -0.39 is 0 Å². The van der Waals surface area contributed by atoms with Crippen LogP contribution in [0.1, 0.15) is 12.0 Å². The number of aromatic nitrogens is 4. The zero-order valence-electron chi connectivity index (χ0n) is 22.0. The monoisotopic (exact) mass is 515 g/mol. The highest BCUT2D eigenvalue weighted by molar-refractivity contribution is 5.94. The number of ether oxygens (including phenoxy) is 2. The summed E-state index contributed by atoms with van der Waals surface area (Å²) in [5.41, 5.74) is 2.71. The number of rotatable bonds is 9. The van der Waals surface area contributed by atoms with Gasteiger partial charge in [-0.05, 0) is 61.7 Å². The molecule has 38 heavy (non-hydrogen) atoms. The van der Waals surface area contributed by atoms with Crippen LogP contribution in [0.25, 0.3) is 22.2 Å². The highest BCUT2D eigenvalue weighted by Gasteiger charge is 2.15. The Hall–Kier alpha value is -4.02. The van der Waals surface area contributed by atoms with Gasteiger partial charge < -0.3 is 29.6 Å². The number of piperazine rings is 1. The first-order valence-corrected chi connectivity index (χ1v) is 12.8. The molecule has 0 saturated carbocycles. The van der Waals surface area contributed by atoms with Crippen LogP contribution in [0.2, 0.25) is 0 Å². The SMILES string of the molecule is COc1cncc(-c2cc3cc[nH]c(=O)c3c(Nc3ccc(OCCCN4CCN(C)CC4)c(C)c3)n2)n1. The number of fused-ring (bicyclic) bond motifs is 1. The minimum Gasteiger partial charge on any atom is -0.493 e. The standard InChI is InChI=1S/C28H33N7O3/c1-19-15-21(5-6-24(19)38-14-4-9-35-12-10-34(2)11-13-35)31-27-26-20(7-8-30-28(26)36)16-22(33-27)23-17-29-18-25(32-23)37-3/h5-8,15-18H,4,9-14H2,1-3H3,(H,30,36)(H,31,33). The lowest BCUT2D eigenvalue weighted by Crippen LogP contribution is -2.44. The average Bonchev–Trinajstić information content (AvgIpc) is 2.93. The molecule has 4 aromatic rings. The zero-order chi connectivity index (χ0) is 26.5. The number of hydrogen-bond donors (Lipinski definition) is 2. The number of benzene rings is 1. The van der Waals surface area contributed by atoms with Gasteiger partial charge in [0.15, 0.2) is 0 Å². The van der Waals surface area contributed by atoms with Crippen LogP contribution in [-0.4, -0.2) is 83.2 Å². The quantitative estimate of drug-likeness (QED) is 0.324. The second-order valence-corrected chi connectivity index (χ2v) is 9.53. The smallest absolute Gasteiger partial charge is 0.259 e. The van der Waals surface area contributed by atoms with Crippen molar-refractivity contribution in [3.05, 3.63) is 64.8 Å². The minimum atomic E-state index is -0.224. The number of pyridine rings is 2. The largest absolute Gasteiger partial charge is 0.493 e. The maximum atomic E-state index is 12.7. The molecule has 1 fully saturated rings. The Labute approximate surface area is 221 Å². The third-order valence-corrected chi connectivity index (χ3v) is 6.75. The van der Waals surface area contributed by atoms with Gasteiger partial charge in [-0.2, -0.15) is 0 Å². The highest BCUT2D eigenvalue weighted by Crippen LogP contribution is 2.29. The molecule has 10 heteroatoms. The van der Waals surface area contributed by atoms with Crippen molar-refractivity contribution in [2.75, 3.05) is 58.8 Å². The molecule has 0 aliphatic carbocycles. The van der Waals surface area contributed by atoms with Gasteiger partial charge in [-0.25, -0.2) is 9.97 Å². The van der Waals surface area contributed by atoms with Gasteiger partial charge in [0, 0.05) is 44.6 Å². The van der Waals surface area contributed by atoms with Gasteiger partial charge in [0.05, 0.1) is 37.2 Å². The molecular formula is C28H33N7O3. The summed E-state index contributed by atoms with van der Waals surface area (Å²) in [7, 11) is 3.71. The molecule has 5 rings (SSSR count). The van der Waals surface area contributed by atoms with E-state index in [1.54, 1.807) is 12.4 Å². The lowest BCUT2D eigenvalue weighted by Gasteiger charge is -2.32. The van der Waals surface area contributed by atoms with E-state index in [-0.39, 0.29) is 5.56 Å². The van der Waals surface area contributed by atoms with E-state index in [9.17, 15) is 4.79 Å². The second kappa shape index (κ2) is 11.6. The summed E-state index contributed by atoms with van der Waals surface area (Å²) in [4.78, 5) is 33.7. The van der Waals surface area contributed by atoms with Crippen molar-refractivity contribution in [3.63, 3.8) is 0 Å². The van der Waals surface area contributed by atoms with Crippen LogP contribution in [0.15, 0.2) is 53.7 Å². The fraction of sp³-hybridized carbons (Fsp3) is 0.357. The maximum Gasteiger partial charge on any atom is 0.259 e. The van der Waals surface area contributed by atoms with Gasteiger partial charge in [-0.1, -0.05) is 0 Å². The van der Waals surface area contributed by atoms with E-state index in [1.807, 2.05) is 37.3 Å². The molecule has 0 atom stereocenters. The number of H-pyrrole nitrogens is 1. The molecule has 1 aromatic carbocycles. The van der Waals surface area contributed by atoms with Crippen LogP contribution in [0.5, 0.6) is 11.6 Å². The summed E-state index contributed by atoms with van der Waals surface area (Å²) < 4.78 is 11.3. The predicted octanol–water partition coefficient (Wildman–Crippen LogP) is 3.46. The van der Waals surface area contributed by atoms with Crippen molar-refractivity contribution in [2.24, 2.45) is 0 Å². The Morgan fingerprint density at radius 1 is 1.05 bits per heavy atom. The van der Waals surface area contributed by atoms with Crippen LogP contribution in [0.4, 0.5) is 11.5 Å². The van der Waals surface area contributed by atoms with Gasteiger partial charge >= 0.3 is 0 Å². The minimum absolute atomic E-state index is 0.224. The summed E-state index contributed by atoms with van der Waals surface area (Å²) >= 11 is 0. The fourth-order valence-electron chi connectivity index (χ4n) is 4.57. The molecule has 0 unspecified atom stereocenters. The van der Waals surface area contributed by atoms with Gasteiger partial charge in [0.1, 0.15) is 17.3 Å². The number of aryl methyl sites for hydroxylation is 1. The molecule has 1 aliphatic heterocycles. The molecule has 4 heterocycles. The number of hydrogen-bond acceptors (Lipinski definition) is 9. The summed E-state index contributed by atoms with van der Waals surface area (Å²) in [5, 5.41) is 4.54. The second-order valence-electron chi connectivity index (χ2n) is 9.53. The number of nitrogens with zero attached hydrogens (tertiary/aromatic N) is 5. The van der Waals surface area contributed by atoms with Gasteiger partial charge in [0.25, 0.3) is 5.56 Å². The summed E-state index contributed by atoms with van der Waals surface area (Å²) in [6.07, 6.45) is 5.76. The predicted molar refractivity (Wildman–Crippen MR) is 148 cm³/mol. The summed E-state index contributed by atoms with van der Waals surface area (Å²) in [6, 6.07) is 9.55. The van der Waals surface area contributed by atoms with Crippen LogP contribution < -0.4 is 20.3 Å². The van der Waals surface area contributed by atoms with Crippen LogP contribution in [-0.2, 0) is 0 Å². The first-order valence-electron chi connectivity index (χ1n) is 12.8. The molecule has 10 nitrogen and oxygen atoms in total. The van der Waals surface area contributed by atoms with E-state index >= 15 is 0 Å². The van der Waals surface area contributed by atoms with E-state index in [1.165, 1.54) is 13.3 Å². The van der Waals surface area contributed by atoms with Gasteiger partial charge in [-0.15, -0.1) is 0 Å². The van der Waals surface area contributed by atoms with E-state index in [2.05, 4.69) is 37.1 Å². The average molecular weight is 516 g/mol. The Morgan fingerprint density at radius 3 is 2.68 bits per heavy atom. The molecule has 0 bridgehead atoms. The van der Waals surface area contributed by atoms with E-state index in [0.717, 1.165) is 61.5 Å². The molecule has 1 aliphatic rings. The normalized spacial score (nSPS) is 14.5. The van der Waals surface area contributed by atoms with Crippen LogP contribution in [0, 0.1) is 6.92 Å². The molecule has 3 aromatic heterocycles. The van der Waals surface area contributed by atoms with Crippen LogP contribution in [0.3, 0.4) is 0 Å². The van der Waals surface area contributed by atoms with Crippen molar-refractivity contribution >= 4 is 22.3 Å². The van der Waals surface area contributed by atoms with Crippen molar-refractivity contribution < 1.29 is 9.47 Å². The first-order chi connectivity index (χ1) is 18.5. The molecule has 198 valence electrons. The van der Waals surface area contributed by atoms with Crippen molar-refractivity contribution in [1.29, 1.82) is 0 Å². The van der Waals surface area contributed by atoms with Crippen molar-refractivity contribution in [3.8, 4) is 23.0 Å². The number of methoxy groups -OCH3 is 1. The van der Waals surface area contributed by atoms with Crippen LogP contribution >= 0.6 is 0 Å². The third-order valence-electron chi connectivity index (χ3n) is 6.75.